The van der Waals surface area contributed by atoms with Gasteiger partial charge in [0.1, 0.15) is 0 Å². The predicted octanol–water partition coefficient (Wildman–Crippen LogP) is 7.68. The van der Waals surface area contributed by atoms with Crippen LogP contribution < -0.4 is 0 Å². The van der Waals surface area contributed by atoms with Crippen LogP contribution in [0.1, 0.15) is 85.0 Å². The zero-order valence-electron chi connectivity index (χ0n) is 15.7. The quantitative estimate of drug-likeness (QED) is 0.197. The van der Waals surface area contributed by atoms with E-state index in [4.69, 9.17) is 0 Å². The van der Waals surface area contributed by atoms with Gasteiger partial charge in [0.05, 0.1) is 8.07 Å². The summed E-state index contributed by atoms with van der Waals surface area (Å²) in [6.45, 7) is 14.1. The molecule has 0 aliphatic carbocycles. The number of hydrogen-bond donors (Lipinski definition) is 0. The lowest BCUT2D eigenvalue weighted by Crippen LogP contribution is -2.17. The van der Waals surface area contributed by atoms with Crippen LogP contribution in [0.4, 0.5) is 0 Å². The second-order valence-corrected chi connectivity index (χ2v) is 12.9. The fraction of sp³-hybridized carbons (Fsp3) is 0.800. The van der Waals surface area contributed by atoms with Crippen molar-refractivity contribution in [1.82, 2.24) is 0 Å². The standard InChI is InChI=1S/C20H40Si/c1-7-8-9-10-11-12-13-14-15-20(17-16-19(2)3)18-21(4,5)6/h16,18H,7-15,17H2,1-6H3/b20-18+. The molecule has 0 nitrogen and oxygen atoms in total. The molecule has 0 amide bonds. The molecule has 0 aromatic carbocycles. The molecule has 0 spiro atoms. The summed E-state index contributed by atoms with van der Waals surface area (Å²) >= 11 is 0. The highest BCUT2D eigenvalue weighted by atomic mass is 28.3. The van der Waals surface area contributed by atoms with Crippen molar-refractivity contribution in [2.24, 2.45) is 0 Å². The third kappa shape index (κ3) is 15.9. The Morgan fingerprint density at radius 3 is 1.81 bits per heavy atom. The average molecular weight is 309 g/mol. The van der Waals surface area contributed by atoms with E-state index in [1.54, 1.807) is 5.57 Å². The van der Waals surface area contributed by atoms with Crippen molar-refractivity contribution < 1.29 is 0 Å². The molecular weight excluding hydrogens is 268 g/mol. The van der Waals surface area contributed by atoms with Crippen LogP contribution in [0.25, 0.3) is 0 Å². The summed E-state index contributed by atoms with van der Waals surface area (Å²) in [5, 5.41) is 0. The van der Waals surface area contributed by atoms with Gasteiger partial charge in [0.25, 0.3) is 0 Å². The van der Waals surface area contributed by atoms with Crippen LogP contribution in [0.2, 0.25) is 19.6 Å². The van der Waals surface area contributed by atoms with Gasteiger partial charge in [-0.25, -0.2) is 0 Å². The van der Waals surface area contributed by atoms with Crippen molar-refractivity contribution in [3.8, 4) is 0 Å². The molecule has 0 saturated carbocycles. The third-order valence-electron chi connectivity index (χ3n) is 3.76. The zero-order valence-corrected chi connectivity index (χ0v) is 16.7. The Balaban J connectivity index is 3.97. The van der Waals surface area contributed by atoms with Crippen molar-refractivity contribution in [1.29, 1.82) is 0 Å². The van der Waals surface area contributed by atoms with Gasteiger partial charge >= 0.3 is 0 Å². The first-order chi connectivity index (χ1) is 9.85. The number of allylic oxidation sites excluding steroid dienone is 3. The van der Waals surface area contributed by atoms with Gasteiger partial charge in [0.15, 0.2) is 0 Å². The summed E-state index contributed by atoms with van der Waals surface area (Å²) in [6, 6.07) is 0. The molecule has 0 aliphatic heterocycles. The minimum absolute atomic E-state index is 1.07. The first-order valence-electron chi connectivity index (χ1n) is 9.19. The number of unbranched alkanes of at least 4 members (excludes halogenated alkanes) is 7. The van der Waals surface area contributed by atoms with E-state index in [1.165, 1.54) is 69.8 Å². The Morgan fingerprint density at radius 1 is 0.810 bits per heavy atom. The highest BCUT2D eigenvalue weighted by Crippen LogP contribution is 2.19. The van der Waals surface area contributed by atoms with Gasteiger partial charge in [0, 0.05) is 0 Å². The Labute approximate surface area is 136 Å². The second-order valence-electron chi connectivity index (χ2n) is 7.88. The van der Waals surface area contributed by atoms with E-state index >= 15 is 0 Å². The third-order valence-corrected chi connectivity index (χ3v) is 5.04. The average Bonchev–Trinajstić information content (AvgIpc) is 2.37. The van der Waals surface area contributed by atoms with Crippen LogP contribution in [0, 0.1) is 0 Å². The molecule has 0 saturated heterocycles. The smallest absolute Gasteiger partial charge is 0.0686 e. The van der Waals surface area contributed by atoms with Crippen molar-refractivity contribution in [2.45, 2.75) is 105 Å². The molecule has 0 fully saturated rings. The molecule has 0 N–H and O–H groups in total. The van der Waals surface area contributed by atoms with Gasteiger partial charge in [-0.2, -0.15) is 0 Å². The van der Waals surface area contributed by atoms with Gasteiger partial charge in [-0.05, 0) is 33.1 Å². The molecule has 0 radical (unpaired) electrons. The SMILES string of the molecule is CCCCCCCCCC/C(=C\[Si](C)(C)C)CC=C(C)C. The van der Waals surface area contributed by atoms with E-state index in [0.717, 1.165) is 0 Å². The molecule has 0 rings (SSSR count). The van der Waals surface area contributed by atoms with E-state index in [2.05, 4.69) is 52.2 Å². The van der Waals surface area contributed by atoms with E-state index in [0.29, 0.717) is 0 Å². The van der Waals surface area contributed by atoms with E-state index in [-0.39, 0.29) is 0 Å². The van der Waals surface area contributed by atoms with Gasteiger partial charge in [-0.3, -0.25) is 0 Å². The van der Waals surface area contributed by atoms with Crippen LogP contribution in [0.3, 0.4) is 0 Å². The number of rotatable bonds is 12. The molecular formula is C20H40Si. The van der Waals surface area contributed by atoms with Crippen molar-refractivity contribution >= 4 is 8.07 Å². The Kier molecular flexibility index (Phi) is 12.1. The lowest BCUT2D eigenvalue weighted by atomic mass is 10.0. The van der Waals surface area contributed by atoms with Crippen LogP contribution in [0.5, 0.6) is 0 Å². The Hall–Kier alpha value is -0.303. The highest BCUT2D eigenvalue weighted by molar-refractivity contribution is 6.81. The minimum Gasteiger partial charge on any atom is -0.0955 e. The molecule has 0 heterocycles. The van der Waals surface area contributed by atoms with Crippen LogP contribution in [0.15, 0.2) is 22.9 Å². The van der Waals surface area contributed by atoms with Gasteiger partial charge in [-0.15, -0.1) is 0 Å². The molecule has 0 atom stereocenters. The lowest BCUT2D eigenvalue weighted by Gasteiger charge is -2.14. The first-order valence-corrected chi connectivity index (χ1v) is 12.8. The van der Waals surface area contributed by atoms with E-state index < -0.39 is 8.07 Å². The summed E-state index contributed by atoms with van der Waals surface area (Å²) < 4.78 is 0. The Morgan fingerprint density at radius 2 is 1.33 bits per heavy atom. The Bertz CT molecular complexity index is 300. The zero-order chi connectivity index (χ0) is 16.1. The first kappa shape index (κ1) is 20.7. The lowest BCUT2D eigenvalue weighted by molar-refractivity contribution is 0.574. The summed E-state index contributed by atoms with van der Waals surface area (Å²) in [4.78, 5) is 0. The molecule has 1 heteroatoms. The van der Waals surface area contributed by atoms with Crippen LogP contribution >= 0.6 is 0 Å². The molecule has 124 valence electrons. The summed E-state index contributed by atoms with van der Waals surface area (Å²) in [5.74, 6) is 0. The maximum absolute atomic E-state index is 2.63. The van der Waals surface area contributed by atoms with E-state index in [9.17, 15) is 0 Å². The maximum atomic E-state index is 2.63. The van der Waals surface area contributed by atoms with Crippen LogP contribution in [-0.2, 0) is 0 Å². The van der Waals surface area contributed by atoms with Gasteiger partial charge in [-0.1, -0.05) is 94.4 Å². The van der Waals surface area contributed by atoms with Crippen molar-refractivity contribution in [3.05, 3.63) is 22.9 Å². The van der Waals surface area contributed by atoms with Crippen LogP contribution in [-0.4, -0.2) is 8.07 Å². The molecule has 0 unspecified atom stereocenters. The monoisotopic (exact) mass is 308 g/mol. The minimum atomic E-state index is -1.07. The molecule has 0 aliphatic rings. The fourth-order valence-corrected chi connectivity index (χ4v) is 4.15. The number of hydrogen-bond acceptors (Lipinski definition) is 0. The predicted molar refractivity (Wildman–Crippen MR) is 103 cm³/mol. The van der Waals surface area contributed by atoms with Gasteiger partial charge in [0.2, 0.25) is 0 Å². The summed E-state index contributed by atoms with van der Waals surface area (Å²) in [5.41, 5.74) is 5.78. The second kappa shape index (κ2) is 12.3. The van der Waals surface area contributed by atoms with E-state index in [1.807, 2.05) is 0 Å². The molecule has 0 bridgehead atoms. The highest BCUT2D eigenvalue weighted by Gasteiger charge is 2.10. The van der Waals surface area contributed by atoms with Crippen molar-refractivity contribution in [2.75, 3.05) is 0 Å². The fourth-order valence-electron chi connectivity index (χ4n) is 2.67. The summed E-state index contributed by atoms with van der Waals surface area (Å²) in [7, 11) is -1.07. The molecule has 0 aromatic rings. The topological polar surface area (TPSA) is 0 Å². The maximum Gasteiger partial charge on any atom is 0.0686 e. The summed E-state index contributed by atoms with van der Waals surface area (Å²) in [6.07, 6.45) is 16.3. The largest absolute Gasteiger partial charge is 0.0955 e. The van der Waals surface area contributed by atoms with Gasteiger partial charge < -0.3 is 0 Å². The van der Waals surface area contributed by atoms with Crippen molar-refractivity contribution in [3.63, 3.8) is 0 Å². The molecule has 0 aromatic heterocycles. The normalized spacial score (nSPS) is 12.6. The molecule has 21 heavy (non-hydrogen) atoms.